The molecule has 0 unspecified atom stereocenters. The third-order valence-corrected chi connectivity index (χ3v) is 10.3. The number of carbonyl (C=O) groups excluding carboxylic acids is 3. The lowest BCUT2D eigenvalue weighted by Crippen LogP contribution is -2.63. The van der Waals surface area contributed by atoms with Gasteiger partial charge in [-0.05, 0) is 67.2 Å². The smallest absolute Gasteiger partial charge is 0.325 e. The summed E-state index contributed by atoms with van der Waals surface area (Å²) in [6.45, 7) is 12.0. The predicted molar refractivity (Wildman–Crippen MR) is 145 cm³/mol. The summed E-state index contributed by atoms with van der Waals surface area (Å²) in [5.74, 6) is 0.0572. The van der Waals surface area contributed by atoms with Gasteiger partial charge >= 0.3 is 12.0 Å². The largest absolute Gasteiger partial charge is 0.497 e. The molecule has 8 heteroatoms. The average Bonchev–Trinajstić information content (AvgIpc) is 3.26. The molecule has 8 atom stereocenters. The second kappa shape index (κ2) is 10.4. The Morgan fingerprint density at radius 1 is 1.18 bits per heavy atom. The maximum Gasteiger partial charge on any atom is 0.325 e. The average molecular weight is 527 g/mol. The van der Waals surface area contributed by atoms with Crippen LogP contribution in [0.2, 0.25) is 0 Å². The zero-order chi connectivity index (χ0) is 27.9. The summed E-state index contributed by atoms with van der Waals surface area (Å²) in [7, 11) is 1.56. The number of ether oxygens (including phenoxy) is 2. The molecule has 3 saturated carbocycles. The van der Waals surface area contributed by atoms with Gasteiger partial charge in [0.1, 0.15) is 24.2 Å². The molecule has 1 aromatic carbocycles. The number of ketones is 1. The second-order valence-corrected chi connectivity index (χ2v) is 12.1. The summed E-state index contributed by atoms with van der Waals surface area (Å²) in [6, 6.07) is 6.31. The first kappa shape index (κ1) is 28.1. The van der Waals surface area contributed by atoms with Gasteiger partial charge in [0.2, 0.25) is 0 Å². The van der Waals surface area contributed by atoms with Gasteiger partial charge in [0.05, 0.1) is 13.2 Å². The molecular formula is C30H42N2O6. The SMILES string of the molecule is C=C[C@]1(C)C[C@@H](OC(=O)CNC(=O)Nc2ccc(OC)cc2)[C@]2(C)[C@H](C)CC[C@]3(CCC(=O)[C@H]32)[C@@H](C)[C@@H]1O. The van der Waals surface area contributed by atoms with Crippen LogP contribution in [0.25, 0.3) is 0 Å². The van der Waals surface area contributed by atoms with Crippen LogP contribution >= 0.6 is 0 Å². The summed E-state index contributed by atoms with van der Waals surface area (Å²) < 4.78 is 11.3. The van der Waals surface area contributed by atoms with E-state index in [1.807, 2.05) is 6.92 Å². The highest BCUT2D eigenvalue weighted by Gasteiger charge is 2.68. The number of Topliss-reactive ketones (excluding diaryl/α,β-unsaturated/α-hetero) is 1. The minimum absolute atomic E-state index is 0.0891. The molecule has 0 radical (unpaired) electrons. The van der Waals surface area contributed by atoms with E-state index in [0.29, 0.717) is 24.3 Å². The first-order valence-electron chi connectivity index (χ1n) is 13.6. The number of methoxy groups -OCH3 is 1. The molecule has 208 valence electrons. The number of aliphatic hydroxyl groups is 1. The molecule has 3 N–H and O–H groups in total. The second-order valence-electron chi connectivity index (χ2n) is 12.1. The normalized spacial score (nSPS) is 38.3. The third kappa shape index (κ3) is 4.61. The zero-order valence-electron chi connectivity index (χ0n) is 23.2. The van der Waals surface area contributed by atoms with Crippen molar-refractivity contribution in [3.05, 3.63) is 36.9 Å². The fourth-order valence-corrected chi connectivity index (χ4v) is 7.70. The molecule has 0 heterocycles. The number of esters is 1. The maximum atomic E-state index is 13.5. The summed E-state index contributed by atoms with van der Waals surface area (Å²) in [4.78, 5) is 39.0. The molecule has 3 aliphatic rings. The van der Waals surface area contributed by atoms with Gasteiger partial charge in [-0.25, -0.2) is 4.79 Å². The number of carbonyl (C=O) groups is 3. The van der Waals surface area contributed by atoms with E-state index in [1.165, 1.54) is 0 Å². The van der Waals surface area contributed by atoms with Crippen molar-refractivity contribution >= 4 is 23.5 Å². The molecular weight excluding hydrogens is 484 g/mol. The fraction of sp³-hybridized carbons (Fsp3) is 0.633. The molecule has 0 saturated heterocycles. The molecule has 2 amide bonds. The van der Waals surface area contributed by atoms with E-state index in [2.05, 4.69) is 38.0 Å². The lowest BCUT2D eigenvalue weighted by Gasteiger charge is -2.61. The molecule has 1 aromatic rings. The van der Waals surface area contributed by atoms with Crippen LogP contribution in [0.15, 0.2) is 36.9 Å². The molecule has 3 fully saturated rings. The Morgan fingerprint density at radius 2 is 1.87 bits per heavy atom. The number of benzene rings is 1. The first-order valence-corrected chi connectivity index (χ1v) is 13.6. The van der Waals surface area contributed by atoms with Crippen LogP contribution in [0.5, 0.6) is 5.75 Å². The van der Waals surface area contributed by atoms with Crippen LogP contribution in [-0.2, 0) is 14.3 Å². The standard InChI is InChI=1S/C30H42N2O6/c1-7-28(4)16-23(38-24(34)17-31-27(36)32-20-8-10-21(37-6)11-9-20)29(5)18(2)12-14-30(19(3)26(28)35)15-13-22(33)25(29)30/h7-11,18-19,23,25-26,35H,1,12-17H2,2-6H3,(H2,31,32,36)/t18-,19+,23-,25+,26+,28-,29+,30+/m1/s1. The third-order valence-electron chi connectivity index (χ3n) is 10.3. The van der Waals surface area contributed by atoms with Gasteiger partial charge in [-0.1, -0.05) is 33.8 Å². The van der Waals surface area contributed by atoms with Crippen LogP contribution in [0, 0.1) is 34.0 Å². The molecule has 38 heavy (non-hydrogen) atoms. The van der Waals surface area contributed by atoms with Crippen molar-refractivity contribution in [1.29, 1.82) is 0 Å². The zero-order valence-corrected chi connectivity index (χ0v) is 23.2. The van der Waals surface area contributed by atoms with Gasteiger partial charge in [-0.2, -0.15) is 0 Å². The number of hydrogen-bond acceptors (Lipinski definition) is 6. The number of anilines is 1. The summed E-state index contributed by atoms with van der Waals surface area (Å²) >= 11 is 0. The van der Waals surface area contributed by atoms with Gasteiger partial charge in [-0.3, -0.25) is 9.59 Å². The van der Waals surface area contributed by atoms with E-state index < -0.39 is 35.0 Å². The number of rotatable bonds is 6. The Morgan fingerprint density at radius 3 is 2.50 bits per heavy atom. The van der Waals surface area contributed by atoms with E-state index in [-0.39, 0.29) is 35.5 Å². The molecule has 0 spiro atoms. The Bertz CT molecular complexity index is 1090. The van der Waals surface area contributed by atoms with Crippen LogP contribution in [0.4, 0.5) is 10.5 Å². The number of hydrogen-bond donors (Lipinski definition) is 3. The van der Waals surface area contributed by atoms with Crippen molar-refractivity contribution in [3.63, 3.8) is 0 Å². The van der Waals surface area contributed by atoms with Crippen molar-refractivity contribution in [3.8, 4) is 5.75 Å². The summed E-state index contributed by atoms with van der Waals surface area (Å²) in [5.41, 5.74) is -1.07. The van der Waals surface area contributed by atoms with Crippen LogP contribution in [-0.4, -0.2) is 48.8 Å². The minimum Gasteiger partial charge on any atom is -0.497 e. The predicted octanol–water partition coefficient (Wildman–Crippen LogP) is 4.72. The van der Waals surface area contributed by atoms with Gasteiger partial charge in [0.25, 0.3) is 0 Å². The lowest BCUT2D eigenvalue weighted by molar-refractivity contribution is -0.206. The summed E-state index contributed by atoms with van der Waals surface area (Å²) in [6.07, 6.45) is 3.80. The van der Waals surface area contributed by atoms with Crippen LogP contribution in [0.3, 0.4) is 0 Å². The van der Waals surface area contributed by atoms with E-state index in [1.54, 1.807) is 37.5 Å². The van der Waals surface area contributed by atoms with Crippen molar-refractivity contribution in [2.45, 2.75) is 72.0 Å². The van der Waals surface area contributed by atoms with E-state index in [4.69, 9.17) is 9.47 Å². The van der Waals surface area contributed by atoms with E-state index >= 15 is 0 Å². The van der Waals surface area contributed by atoms with Crippen molar-refractivity contribution in [1.82, 2.24) is 5.32 Å². The van der Waals surface area contributed by atoms with Gasteiger partial charge < -0.3 is 25.2 Å². The first-order chi connectivity index (χ1) is 17.9. The number of aliphatic hydroxyl groups excluding tert-OH is 1. The van der Waals surface area contributed by atoms with E-state index in [0.717, 1.165) is 19.3 Å². The maximum absolute atomic E-state index is 13.5. The highest BCUT2D eigenvalue weighted by atomic mass is 16.5. The van der Waals surface area contributed by atoms with Crippen molar-refractivity contribution in [2.75, 3.05) is 19.0 Å². The van der Waals surface area contributed by atoms with Gasteiger partial charge in [0, 0.05) is 28.9 Å². The lowest BCUT2D eigenvalue weighted by atomic mass is 9.44. The van der Waals surface area contributed by atoms with Gasteiger partial charge in [0.15, 0.2) is 0 Å². The Hall–Kier alpha value is -2.87. The van der Waals surface area contributed by atoms with Crippen molar-refractivity contribution < 1.29 is 29.0 Å². The Balaban J connectivity index is 1.55. The monoisotopic (exact) mass is 526 g/mol. The number of nitrogens with one attached hydrogen (secondary N) is 2. The molecule has 0 aliphatic heterocycles. The molecule has 3 aliphatic carbocycles. The fourth-order valence-electron chi connectivity index (χ4n) is 7.70. The number of urea groups is 1. The highest BCUT2D eigenvalue weighted by Crippen LogP contribution is 2.67. The van der Waals surface area contributed by atoms with E-state index in [9.17, 15) is 19.5 Å². The highest BCUT2D eigenvalue weighted by molar-refractivity contribution is 5.91. The topological polar surface area (TPSA) is 114 Å². The molecule has 4 rings (SSSR count). The Kier molecular flexibility index (Phi) is 7.67. The minimum atomic E-state index is -0.721. The molecule has 0 aromatic heterocycles. The number of amides is 2. The Labute approximate surface area is 225 Å². The van der Waals surface area contributed by atoms with Crippen LogP contribution < -0.4 is 15.4 Å². The molecule has 8 nitrogen and oxygen atoms in total. The molecule has 2 bridgehead atoms. The van der Waals surface area contributed by atoms with Crippen LogP contribution in [0.1, 0.15) is 59.8 Å². The quantitative estimate of drug-likeness (QED) is 0.365. The van der Waals surface area contributed by atoms with Gasteiger partial charge in [-0.15, -0.1) is 6.58 Å². The summed E-state index contributed by atoms with van der Waals surface area (Å²) in [5, 5.41) is 16.8. The van der Waals surface area contributed by atoms with Crippen molar-refractivity contribution in [2.24, 2.45) is 34.0 Å².